The van der Waals surface area contributed by atoms with E-state index in [1.54, 1.807) is 18.7 Å². The van der Waals surface area contributed by atoms with E-state index in [1.165, 1.54) is 10.6 Å². The first-order valence-electron chi connectivity index (χ1n) is 7.30. The average molecular weight is 310 g/mol. The first-order valence-corrected chi connectivity index (χ1v) is 7.30. The van der Waals surface area contributed by atoms with Crippen molar-refractivity contribution in [2.45, 2.75) is 13.5 Å². The molecule has 0 aliphatic rings. The zero-order chi connectivity index (χ0) is 16.7. The minimum atomic E-state index is -0.393. The summed E-state index contributed by atoms with van der Waals surface area (Å²) in [4.78, 5) is 29.5. The standard InChI is InChI=1S/C17H18N4O2/c1-5-10-21-16(22)13-15(20(4)17(21)23)18-14(19(13)3)12-8-6-11(2)7-9-12/h5-9H,1,10H2,2-4H3. The molecular formula is C17H18N4O2. The monoisotopic (exact) mass is 310 g/mol. The van der Waals surface area contributed by atoms with Gasteiger partial charge in [0.25, 0.3) is 5.56 Å². The largest absolute Gasteiger partial charge is 0.332 e. The number of allylic oxidation sites excluding steroid dienone is 1. The van der Waals surface area contributed by atoms with Crippen LogP contribution < -0.4 is 11.2 Å². The molecule has 3 rings (SSSR count). The summed E-state index contributed by atoms with van der Waals surface area (Å²) in [5.41, 5.74) is 2.10. The Balaban J connectivity index is 2.39. The fraction of sp³-hybridized carbons (Fsp3) is 0.235. The summed E-state index contributed by atoms with van der Waals surface area (Å²) in [6, 6.07) is 7.89. The fourth-order valence-corrected chi connectivity index (χ4v) is 2.69. The first-order chi connectivity index (χ1) is 11.0. The van der Waals surface area contributed by atoms with Crippen LogP contribution in [-0.2, 0) is 20.6 Å². The van der Waals surface area contributed by atoms with Gasteiger partial charge >= 0.3 is 5.69 Å². The molecule has 0 aliphatic heterocycles. The van der Waals surface area contributed by atoms with Crippen LogP contribution in [0.1, 0.15) is 5.56 Å². The van der Waals surface area contributed by atoms with Crippen molar-refractivity contribution < 1.29 is 0 Å². The Morgan fingerprint density at radius 1 is 1.13 bits per heavy atom. The fourth-order valence-electron chi connectivity index (χ4n) is 2.69. The molecule has 0 radical (unpaired) electrons. The van der Waals surface area contributed by atoms with Crippen molar-refractivity contribution in [3.63, 3.8) is 0 Å². The van der Waals surface area contributed by atoms with E-state index in [0.29, 0.717) is 17.0 Å². The third-order valence-corrected chi connectivity index (χ3v) is 3.98. The summed E-state index contributed by atoms with van der Waals surface area (Å²) in [6.45, 7) is 5.78. The smallest absolute Gasteiger partial charge is 0.321 e. The number of imidazole rings is 1. The Bertz CT molecular complexity index is 1020. The zero-order valence-corrected chi connectivity index (χ0v) is 13.4. The highest BCUT2D eigenvalue weighted by Gasteiger charge is 2.18. The third-order valence-electron chi connectivity index (χ3n) is 3.98. The molecule has 0 spiro atoms. The number of hydrogen-bond donors (Lipinski definition) is 0. The van der Waals surface area contributed by atoms with E-state index in [9.17, 15) is 9.59 Å². The summed E-state index contributed by atoms with van der Waals surface area (Å²) in [5, 5.41) is 0. The predicted octanol–water partition coefficient (Wildman–Crippen LogP) is 1.60. The normalized spacial score (nSPS) is 11.1. The quantitative estimate of drug-likeness (QED) is 0.690. The Morgan fingerprint density at radius 3 is 2.39 bits per heavy atom. The van der Waals surface area contributed by atoms with Crippen molar-refractivity contribution in [3.05, 3.63) is 63.3 Å². The number of aromatic nitrogens is 4. The molecule has 118 valence electrons. The molecule has 2 aromatic heterocycles. The lowest BCUT2D eigenvalue weighted by Crippen LogP contribution is -2.39. The van der Waals surface area contributed by atoms with Gasteiger partial charge in [-0.2, -0.15) is 0 Å². The Kier molecular flexibility index (Phi) is 3.52. The summed E-state index contributed by atoms with van der Waals surface area (Å²) >= 11 is 0. The van der Waals surface area contributed by atoms with Crippen molar-refractivity contribution in [2.75, 3.05) is 0 Å². The second-order valence-electron chi connectivity index (χ2n) is 5.58. The van der Waals surface area contributed by atoms with Crippen LogP contribution in [0.2, 0.25) is 0 Å². The first kappa shape index (κ1) is 15.0. The summed E-state index contributed by atoms with van der Waals surface area (Å²) in [5.74, 6) is 0.656. The van der Waals surface area contributed by atoms with Crippen LogP contribution >= 0.6 is 0 Å². The van der Waals surface area contributed by atoms with Crippen LogP contribution in [0.5, 0.6) is 0 Å². The van der Waals surface area contributed by atoms with Gasteiger partial charge in [-0.05, 0) is 6.92 Å². The molecular weight excluding hydrogens is 292 g/mol. The second-order valence-corrected chi connectivity index (χ2v) is 5.58. The SMILES string of the molecule is C=CCn1c(=O)c2c(nc(-c3ccc(C)cc3)n2C)n(C)c1=O. The van der Waals surface area contributed by atoms with Crippen LogP contribution in [0.4, 0.5) is 0 Å². The van der Waals surface area contributed by atoms with E-state index in [-0.39, 0.29) is 12.1 Å². The molecule has 1 aromatic carbocycles. The maximum Gasteiger partial charge on any atom is 0.332 e. The molecule has 0 bridgehead atoms. The molecule has 3 aromatic rings. The lowest BCUT2D eigenvalue weighted by molar-refractivity contribution is 0.665. The highest BCUT2D eigenvalue weighted by Crippen LogP contribution is 2.21. The Labute approximate surface area is 132 Å². The molecule has 2 heterocycles. The lowest BCUT2D eigenvalue weighted by atomic mass is 10.1. The Hall–Kier alpha value is -2.89. The number of aryl methyl sites for hydroxylation is 3. The molecule has 0 aliphatic carbocycles. The Morgan fingerprint density at radius 2 is 1.78 bits per heavy atom. The number of benzene rings is 1. The van der Waals surface area contributed by atoms with Gasteiger partial charge in [-0.15, -0.1) is 6.58 Å². The van der Waals surface area contributed by atoms with Gasteiger partial charge in [0, 0.05) is 26.2 Å². The summed E-state index contributed by atoms with van der Waals surface area (Å²) < 4.78 is 4.30. The molecule has 23 heavy (non-hydrogen) atoms. The molecule has 0 N–H and O–H groups in total. The van der Waals surface area contributed by atoms with Crippen molar-refractivity contribution in [2.24, 2.45) is 14.1 Å². The number of rotatable bonds is 3. The average Bonchev–Trinajstić information content (AvgIpc) is 2.88. The summed E-state index contributed by atoms with van der Waals surface area (Å²) in [6.07, 6.45) is 1.53. The minimum Gasteiger partial charge on any atom is -0.321 e. The van der Waals surface area contributed by atoms with Gasteiger partial charge in [0.05, 0.1) is 0 Å². The van der Waals surface area contributed by atoms with E-state index in [4.69, 9.17) is 0 Å². The van der Waals surface area contributed by atoms with Gasteiger partial charge in [0.2, 0.25) is 0 Å². The maximum atomic E-state index is 12.7. The maximum absolute atomic E-state index is 12.7. The van der Waals surface area contributed by atoms with Gasteiger partial charge < -0.3 is 4.57 Å². The molecule has 6 heteroatoms. The van der Waals surface area contributed by atoms with E-state index >= 15 is 0 Å². The number of hydrogen-bond acceptors (Lipinski definition) is 3. The van der Waals surface area contributed by atoms with Crippen molar-refractivity contribution in [1.82, 2.24) is 18.7 Å². The van der Waals surface area contributed by atoms with Crippen LogP contribution in [0.15, 0.2) is 46.5 Å². The van der Waals surface area contributed by atoms with Gasteiger partial charge in [0.1, 0.15) is 5.82 Å². The molecule has 0 amide bonds. The molecule has 0 unspecified atom stereocenters. The van der Waals surface area contributed by atoms with Gasteiger partial charge in [-0.25, -0.2) is 9.78 Å². The van der Waals surface area contributed by atoms with Crippen LogP contribution in [-0.4, -0.2) is 18.7 Å². The van der Waals surface area contributed by atoms with Gasteiger partial charge in [-0.1, -0.05) is 35.9 Å². The predicted molar refractivity (Wildman–Crippen MR) is 90.6 cm³/mol. The highest BCUT2D eigenvalue weighted by atomic mass is 16.2. The van der Waals surface area contributed by atoms with Crippen molar-refractivity contribution in [1.29, 1.82) is 0 Å². The molecule has 0 atom stereocenters. The second kappa shape index (κ2) is 5.39. The van der Waals surface area contributed by atoms with E-state index in [2.05, 4.69) is 11.6 Å². The highest BCUT2D eigenvalue weighted by molar-refractivity contribution is 5.76. The van der Waals surface area contributed by atoms with Crippen LogP contribution in [0.25, 0.3) is 22.6 Å². The third kappa shape index (κ3) is 2.23. The van der Waals surface area contributed by atoms with E-state index in [0.717, 1.165) is 15.7 Å². The van der Waals surface area contributed by atoms with Gasteiger partial charge in [0.15, 0.2) is 11.2 Å². The van der Waals surface area contributed by atoms with Crippen molar-refractivity contribution >= 4 is 11.2 Å². The van der Waals surface area contributed by atoms with Crippen LogP contribution in [0, 0.1) is 6.92 Å². The van der Waals surface area contributed by atoms with E-state index in [1.807, 2.05) is 31.2 Å². The molecule has 0 saturated heterocycles. The summed E-state index contributed by atoms with van der Waals surface area (Å²) in [7, 11) is 3.41. The molecule has 0 saturated carbocycles. The zero-order valence-electron chi connectivity index (χ0n) is 13.4. The molecule has 0 fully saturated rings. The topological polar surface area (TPSA) is 61.8 Å². The van der Waals surface area contributed by atoms with Crippen LogP contribution in [0.3, 0.4) is 0 Å². The van der Waals surface area contributed by atoms with Crippen molar-refractivity contribution in [3.8, 4) is 11.4 Å². The van der Waals surface area contributed by atoms with E-state index < -0.39 is 5.69 Å². The molecule has 6 nitrogen and oxygen atoms in total. The number of nitrogens with zero attached hydrogens (tertiary/aromatic N) is 4. The van der Waals surface area contributed by atoms with Gasteiger partial charge in [-0.3, -0.25) is 13.9 Å². The number of fused-ring (bicyclic) bond motifs is 1. The minimum absolute atomic E-state index is 0.173. The lowest BCUT2D eigenvalue weighted by Gasteiger charge is -2.06.